The highest BCUT2D eigenvalue weighted by Crippen LogP contribution is 2.37. The van der Waals surface area contributed by atoms with Gasteiger partial charge in [-0.2, -0.15) is 5.26 Å². The molecule has 0 saturated heterocycles. The first-order valence-electron chi connectivity index (χ1n) is 8.85. The second-order valence-corrected chi connectivity index (χ2v) is 6.52. The molecule has 2 aromatic carbocycles. The Morgan fingerprint density at radius 3 is 2.81 bits per heavy atom. The molecule has 134 valence electrons. The van der Waals surface area contributed by atoms with Crippen molar-refractivity contribution in [3.63, 3.8) is 0 Å². The molecule has 5 heteroatoms. The number of ether oxygens (including phenoxy) is 1. The molecule has 0 aliphatic carbocycles. The van der Waals surface area contributed by atoms with E-state index in [2.05, 4.69) is 16.4 Å². The van der Waals surface area contributed by atoms with Gasteiger partial charge < -0.3 is 10.1 Å². The van der Waals surface area contributed by atoms with E-state index in [9.17, 15) is 4.39 Å². The number of nitriles is 1. The molecular formula is C22H18FN3O. The smallest absolute Gasteiger partial charge is 0.141 e. The fourth-order valence-corrected chi connectivity index (χ4v) is 3.35. The average molecular weight is 359 g/mol. The zero-order valence-corrected chi connectivity index (χ0v) is 14.7. The van der Waals surface area contributed by atoms with E-state index in [-0.39, 0.29) is 5.56 Å². The minimum absolute atomic E-state index is 0.0505. The monoisotopic (exact) mass is 359 g/mol. The third-order valence-electron chi connectivity index (χ3n) is 4.81. The summed E-state index contributed by atoms with van der Waals surface area (Å²) in [6.45, 7) is 1.45. The van der Waals surface area contributed by atoms with Crippen molar-refractivity contribution in [1.82, 2.24) is 4.98 Å². The Labute approximate surface area is 157 Å². The molecule has 0 spiro atoms. The van der Waals surface area contributed by atoms with Gasteiger partial charge in [0.1, 0.15) is 17.6 Å². The lowest BCUT2D eigenvalue weighted by Gasteiger charge is -2.27. The average Bonchev–Trinajstić information content (AvgIpc) is 2.72. The Morgan fingerprint density at radius 2 is 2.04 bits per heavy atom. The molecule has 4 rings (SSSR count). The van der Waals surface area contributed by atoms with Crippen LogP contribution < -0.4 is 10.1 Å². The summed E-state index contributed by atoms with van der Waals surface area (Å²) < 4.78 is 19.8. The van der Waals surface area contributed by atoms with Crippen LogP contribution in [-0.2, 0) is 0 Å². The molecule has 1 aliphatic rings. The maximum atomic E-state index is 13.9. The van der Waals surface area contributed by atoms with Crippen LogP contribution in [0.1, 0.15) is 23.5 Å². The number of nitrogens with one attached hydrogen (secondary N) is 1. The predicted molar refractivity (Wildman–Crippen MR) is 102 cm³/mol. The van der Waals surface area contributed by atoms with Gasteiger partial charge in [0, 0.05) is 24.9 Å². The van der Waals surface area contributed by atoms with Crippen LogP contribution >= 0.6 is 0 Å². The van der Waals surface area contributed by atoms with E-state index in [1.54, 1.807) is 12.3 Å². The lowest BCUT2D eigenvalue weighted by molar-refractivity contribution is 0.270. The fourth-order valence-electron chi connectivity index (χ4n) is 3.35. The Kier molecular flexibility index (Phi) is 4.71. The van der Waals surface area contributed by atoms with Gasteiger partial charge in [-0.1, -0.05) is 18.2 Å². The molecule has 0 amide bonds. The number of aromatic nitrogens is 1. The van der Waals surface area contributed by atoms with Crippen LogP contribution in [-0.4, -0.2) is 18.1 Å². The van der Waals surface area contributed by atoms with Crippen molar-refractivity contribution < 1.29 is 9.13 Å². The number of nitrogens with zero attached hydrogens (tertiary/aromatic N) is 2. The number of rotatable bonds is 4. The minimum atomic E-state index is -0.507. The van der Waals surface area contributed by atoms with E-state index in [0.717, 1.165) is 41.1 Å². The van der Waals surface area contributed by atoms with Gasteiger partial charge in [0.05, 0.1) is 17.9 Å². The summed E-state index contributed by atoms with van der Waals surface area (Å²) in [5, 5.41) is 12.3. The zero-order valence-electron chi connectivity index (χ0n) is 14.7. The van der Waals surface area contributed by atoms with E-state index in [0.29, 0.717) is 12.5 Å². The summed E-state index contributed by atoms with van der Waals surface area (Å²) in [5.41, 5.74) is 3.80. The molecule has 4 nitrogen and oxygen atoms in total. The summed E-state index contributed by atoms with van der Waals surface area (Å²) in [5.74, 6) is 0.661. The van der Waals surface area contributed by atoms with Gasteiger partial charge in [-0.05, 0) is 53.4 Å². The predicted octanol–water partition coefficient (Wildman–Crippen LogP) is 4.74. The van der Waals surface area contributed by atoms with Crippen molar-refractivity contribution >= 4 is 5.69 Å². The topological polar surface area (TPSA) is 57.9 Å². The Bertz CT molecular complexity index is 998. The SMILES string of the molecule is N#Cc1ccc(-c2ccc3c(c2)OCC[C@@H]3CNc2cccnc2)cc1F. The molecule has 1 atom stereocenters. The van der Waals surface area contributed by atoms with Crippen molar-refractivity contribution in [1.29, 1.82) is 5.26 Å². The Hall–Kier alpha value is -3.39. The van der Waals surface area contributed by atoms with Crippen molar-refractivity contribution in [2.45, 2.75) is 12.3 Å². The quantitative estimate of drug-likeness (QED) is 0.731. The molecule has 3 aromatic rings. The van der Waals surface area contributed by atoms with Gasteiger partial charge in [0.25, 0.3) is 0 Å². The maximum Gasteiger partial charge on any atom is 0.141 e. The Morgan fingerprint density at radius 1 is 1.19 bits per heavy atom. The summed E-state index contributed by atoms with van der Waals surface area (Å²) in [4.78, 5) is 4.12. The summed E-state index contributed by atoms with van der Waals surface area (Å²) in [6.07, 6.45) is 4.50. The van der Waals surface area contributed by atoms with Crippen LogP contribution in [0.4, 0.5) is 10.1 Å². The molecule has 0 bridgehead atoms. The van der Waals surface area contributed by atoms with Crippen LogP contribution in [0.3, 0.4) is 0 Å². The molecule has 1 N–H and O–H groups in total. The van der Waals surface area contributed by atoms with Crippen LogP contribution in [0.5, 0.6) is 5.75 Å². The summed E-state index contributed by atoms with van der Waals surface area (Å²) >= 11 is 0. The molecule has 0 saturated carbocycles. The zero-order chi connectivity index (χ0) is 18.6. The molecule has 2 heterocycles. The molecule has 1 aliphatic heterocycles. The van der Waals surface area contributed by atoms with Crippen LogP contribution in [0, 0.1) is 17.1 Å². The molecule has 0 unspecified atom stereocenters. The first-order valence-corrected chi connectivity index (χ1v) is 8.85. The number of hydrogen-bond acceptors (Lipinski definition) is 4. The van der Waals surface area contributed by atoms with Gasteiger partial charge in [-0.15, -0.1) is 0 Å². The molecule has 0 radical (unpaired) electrons. The normalized spacial score (nSPS) is 15.3. The second-order valence-electron chi connectivity index (χ2n) is 6.52. The number of benzene rings is 2. The molecule has 0 fully saturated rings. The Balaban J connectivity index is 1.56. The lowest BCUT2D eigenvalue weighted by Crippen LogP contribution is -2.20. The van der Waals surface area contributed by atoms with E-state index in [4.69, 9.17) is 10.00 Å². The van der Waals surface area contributed by atoms with Crippen molar-refractivity contribution in [2.24, 2.45) is 0 Å². The number of fused-ring (bicyclic) bond motifs is 1. The highest BCUT2D eigenvalue weighted by molar-refractivity contribution is 5.67. The van der Waals surface area contributed by atoms with E-state index in [1.165, 1.54) is 12.1 Å². The molecule has 27 heavy (non-hydrogen) atoms. The van der Waals surface area contributed by atoms with Gasteiger partial charge in [-0.25, -0.2) is 4.39 Å². The largest absolute Gasteiger partial charge is 0.493 e. The molecule has 1 aromatic heterocycles. The highest BCUT2D eigenvalue weighted by atomic mass is 19.1. The lowest BCUT2D eigenvalue weighted by atomic mass is 9.91. The minimum Gasteiger partial charge on any atom is -0.493 e. The second kappa shape index (κ2) is 7.46. The van der Waals surface area contributed by atoms with Crippen molar-refractivity contribution in [3.8, 4) is 22.9 Å². The van der Waals surface area contributed by atoms with E-state index < -0.39 is 5.82 Å². The first-order chi connectivity index (χ1) is 13.2. The van der Waals surface area contributed by atoms with E-state index in [1.807, 2.05) is 36.5 Å². The van der Waals surface area contributed by atoms with Gasteiger partial charge in [0.2, 0.25) is 0 Å². The summed E-state index contributed by atoms with van der Waals surface area (Å²) in [6, 6.07) is 16.4. The number of hydrogen-bond donors (Lipinski definition) is 1. The summed E-state index contributed by atoms with van der Waals surface area (Å²) in [7, 11) is 0. The van der Waals surface area contributed by atoms with Gasteiger partial charge >= 0.3 is 0 Å². The standard InChI is InChI=1S/C22H18FN3O/c23-21-10-15(3-4-17(21)12-24)16-5-6-20-18(7-9-27-22(20)11-16)13-26-19-2-1-8-25-14-19/h1-6,8,10-11,14,18,26H,7,9,13H2/t18-/m1/s1. The highest BCUT2D eigenvalue weighted by Gasteiger charge is 2.22. The van der Waals surface area contributed by atoms with Crippen LogP contribution in [0.2, 0.25) is 0 Å². The third kappa shape index (κ3) is 3.61. The van der Waals surface area contributed by atoms with Crippen LogP contribution in [0.15, 0.2) is 60.9 Å². The molecular weight excluding hydrogens is 341 g/mol. The number of halogens is 1. The van der Waals surface area contributed by atoms with Gasteiger partial charge in [0.15, 0.2) is 0 Å². The van der Waals surface area contributed by atoms with E-state index >= 15 is 0 Å². The van der Waals surface area contributed by atoms with Crippen molar-refractivity contribution in [3.05, 3.63) is 77.9 Å². The van der Waals surface area contributed by atoms with Crippen LogP contribution in [0.25, 0.3) is 11.1 Å². The van der Waals surface area contributed by atoms with Gasteiger partial charge in [-0.3, -0.25) is 4.98 Å². The van der Waals surface area contributed by atoms with Crippen molar-refractivity contribution in [2.75, 3.05) is 18.5 Å². The maximum absolute atomic E-state index is 13.9. The number of anilines is 1. The third-order valence-corrected chi connectivity index (χ3v) is 4.81. The first kappa shape index (κ1) is 17.0. The fraction of sp³-hybridized carbons (Fsp3) is 0.182. The number of pyridine rings is 1.